The van der Waals surface area contributed by atoms with E-state index in [0.29, 0.717) is 16.3 Å². The quantitative estimate of drug-likeness (QED) is 0.802. The Balaban J connectivity index is 2.45. The van der Waals surface area contributed by atoms with Crippen LogP contribution in [-0.2, 0) is 4.74 Å². The number of halogens is 1. The molecule has 15 heavy (non-hydrogen) atoms. The van der Waals surface area contributed by atoms with Gasteiger partial charge in [0.1, 0.15) is 0 Å². The van der Waals surface area contributed by atoms with Gasteiger partial charge in [0.25, 0.3) is 0 Å². The Kier molecular flexibility index (Phi) is 4.24. The smallest absolute Gasteiger partial charge is 0.0706 e. The van der Waals surface area contributed by atoms with Gasteiger partial charge in [-0.1, -0.05) is 43.6 Å². The molecule has 1 heterocycles. The van der Waals surface area contributed by atoms with Gasteiger partial charge in [-0.15, -0.1) is 0 Å². The lowest BCUT2D eigenvalue weighted by Crippen LogP contribution is -2.29. The first-order chi connectivity index (χ1) is 6.76. The van der Waals surface area contributed by atoms with E-state index in [9.17, 15) is 5.11 Å². The molecule has 2 atom stereocenters. The highest BCUT2D eigenvalue weighted by atomic mass is 79.9. The molecule has 0 aromatic heterocycles. The maximum atomic E-state index is 9.23. The molecule has 0 aromatic carbocycles. The van der Waals surface area contributed by atoms with E-state index in [4.69, 9.17) is 4.74 Å². The van der Waals surface area contributed by atoms with E-state index in [-0.39, 0.29) is 12.0 Å². The van der Waals surface area contributed by atoms with Crippen molar-refractivity contribution in [3.8, 4) is 0 Å². The average molecular weight is 279 g/mol. The van der Waals surface area contributed by atoms with Crippen molar-refractivity contribution >= 4 is 15.9 Å². The lowest BCUT2D eigenvalue weighted by atomic mass is 9.84. The second kappa shape index (κ2) is 4.72. The van der Waals surface area contributed by atoms with Crippen LogP contribution in [0, 0.1) is 10.8 Å². The Morgan fingerprint density at radius 1 is 1.53 bits per heavy atom. The summed E-state index contributed by atoms with van der Waals surface area (Å²) in [4.78, 5) is 0.349. The van der Waals surface area contributed by atoms with Gasteiger partial charge in [-0.25, -0.2) is 0 Å². The first-order valence-electron chi connectivity index (χ1n) is 5.62. The molecule has 3 heteroatoms. The number of aliphatic hydroxyl groups is 1. The van der Waals surface area contributed by atoms with E-state index in [1.165, 1.54) is 0 Å². The summed E-state index contributed by atoms with van der Waals surface area (Å²) < 4.78 is 5.79. The third-order valence-corrected chi connectivity index (χ3v) is 3.93. The highest BCUT2D eigenvalue weighted by Crippen LogP contribution is 2.38. The molecule has 1 saturated heterocycles. The normalized spacial score (nSPS) is 28.0. The average Bonchev–Trinajstić information content (AvgIpc) is 2.45. The van der Waals surface area contributed by atoms with Crippen LogP contribution < -0.4 is 0 Å². The third-order valence-electron chi connectivity index (χ3n) is 3.02. The fraction of sp³-hybridized carbons (Fsp3) is 1.00. The summed E-state index contributed by atoms with van der Waals surface area (Å²) in [6, 6.07) is 0. The Bertz CT molecular complexity index is 214. The van der Waals surface area contributed by atoms with Gasteiger partial charge in [0.15, 0.2) is 0 Å². The molecule has 0 amide bonds. The summed E-state index contributed by atoms with van der Waals surface area (Å²) in [6.45, 7) is 9.72. The standard InChI is InChI=1S/C12H23BrO2/c1-11(2,7-14)5-9(13)10-6-12(3,4)8-15-10/h9-10,14H,5-8H2,1-4H3/t9-,10-/m1/s1. The molecule has 0 aromatic rings. The van der Waals surface area contributed by atoms with Crippen LogP contribution in [0.15, 0.2) is 0 Å². The molecule has 1 aliphatic heterocycles. The van der Waals surface area contributed by atoms with Gasteiger partial charge in [0.2, 0.25) is 0 Å². The number of hydrogen-bond donors (Lipinski definition) is 1. The van der Waals surface area contributed by atoms with Crippen molar-refractivity contribution < 1.29 is 9.84 Å². The zero-order valence-electron chi connectivity index (χ0n) is 10.2. The molecule has 0 aliphatic carbocycles. The number of ether oxygens (including phenoxy) is 1. The summed E-state index contributed by atoms with van der Waals surface area (Å²) in [7, 11) is 0. The summed E-state index contributed by atoms with van der Waals surface area (Å²) in [5.41, 5.74) is 0.282. The van der Waals surface area contributed by atoms with Crippen LogP contribution in [0.5, 0.6) is 0 Å². The molecule has 90 valence electrons. The largest absolute Gasteiger partial charge is 0.396 e. The topological polar surface area (TPSA) is 29.5 Å². The van der Waals surface area contributed by atoms with E-state index >= 15 is 0 Å². The van der Waals surface area contributed by atoms with Gasteiger partial charge in [-0.05, 0) is 23.7 Å². The highest BCUT2D eigenvalue weighted by Gasteiger charge is 2.37. The molecule has 1 rings (SSSR count). The predicted octanol–water partition coefficient (Wildman–Crippen LogP) is 2.97. The zero-order valence-corrected chi connectivity index (χ0v) is 11.8. The Morgan fingerprint density at radius 2 is 2.13 bits per heavy atom. The van der Waals surface area contributed by atoms with Crippen LogP contribution in [-0.4, -0.2) is 29.3 Å². The second-order valence-corrected chi connectivity index (χ2v) is 7.44. The lowest BCUT2D eigenvalue weighted by Gasteiger charge is -2.27. The molecular weight excluding hydrogens is 256 g/mol. The van der Waals surface area contributed by atoms with Gasteiger partial charge in [-0.2, -0.15) is 0 Å². The fourth-order valence-corrected chi connectivity index (χ4v) is 3.17. The molecule has 0 bridgehead atoms. The van der Waals surface area contributed by atoms with Crippen LogP contribution in [0.4, 0.5) is 0 Å². The molecule has 1 aliphatic rings. The van der Waals surface area contributed by atoms with E-state index in [0.717, 1.165) is 19.4 Å². The van der Waals surface area contributed by atoms with Crippen LogP contribution >= 0.6 is 15.9 Å². The van der Waals surface area contributed by atoms with Gasteiger partial charge < -0.3 is 9.84 Å². The molecule has 0 unspecified atom stereocenters. The predicted molar refractivity (Wildman–Crippen MR) is 66.3 cm³/mol. The molecule has 0 saturated carbocycles. The monoisotopic (exact) mass is 278 g/mol. The van der Waals surface area contributed by atoms with E-state index in [1.54, 1.807) is 0 Å². The minimum Gasteiger partial charge on any atom is -0.396 e. The Hall–Kier alpha value is 0.400. The van der Waals surface area contributed by atoms with Crippen molar-refractivity contribution in [1.29, 1.82) is 0 Å². The van der Waals surface area contributed by atoms with Crippen molar-refractivity contribution in [3.63, 3.8) is 0 Å². The Morgan fingerprint density at radius 3 is 2.53 bits per heavy atom. The van der Waals surface area contributed by atoms with E-state index in [2.05, 4.69) is 43.6 Å². The van der Waals surface area contributed by atoms with Gasteiger partial charge in [0, 0.05) is 11.4 Å². The van der Waals surface area contributed by atoms with Gasteiger partial charge in [0.05, 0.1) is 12.7 Å². The minimum absolute atomic E-state index is 0.0236. The number of aliphatic hydroxyl groups excluding tert-OH is 1. The maximum Gasteiger partial charge on any atom is 0.0706 e. The summed E-state index contributed by atoms with van der Waals surface area (Å²) >= 11 is 3.70. The first kappa shape index (κ1) is 13.5. The fourth-order valence-electron chi connectivity index (χ4n) is 1.95. The number of hydrogen-bond acceptors (Lipinski definition) is 2. The lowest BCUT2D eigenvalue weighted by molar-refractivity contribution is 0.0789. The molecule has 2 nitrogen and oxygen atoms in total. The molecule has 0 radical (unpaired) electrons. The van der Waals surface area contributed by atoms with Crippen molar-refractivity contribution in [2.24, 2.45) is 10.8 Å². The first-order valence-corrected chi connectivity index (χ1v) is 6.54. The molecule has 1 N–H and O–H groups in total. The van der Waals surface area contributed by atoms with Gasteiger partial charge in [-0.3, -0.25) is 0 Å². The van der Waals surface area contributed by atoms with Crippen molar-refractivity contribution in [1.82, 2.24) is 0 Å². The van der Waals surface area contributed by atoms with Crippen LogP contribution in [0.25, 0.3) is 0 Å². The number of rotatable bonds is 4. The zero-order chi connectivity index (χ0) is 11.7. The summed E-state index contributed by atoms with van der Waals surface area (Å²) in [5.74, 6) is 0. The van der Waals surface area contributed by atoms with Crippen molar-refractivity contribution in [2.75, 3.05) is 13.2 Å². The van der Waals surface area contributed by atoms with Crippen LogP contribution in [0.3, 0.4) is 0 Å². The molecular formula is C12H23BrO2. The minimum atomic E-state index is -0.0236. The SMILES string of the molecule is CC(C)(CO)C[C@@H](Br)[C@H]1CC(C)(C)CO1. The van der Waals surface area contributed by atoms with Crippen LogP contribution in [0.1, 0.15) is 40.5 Å². The van der Waals surface area contributed by atoms with Crippen molar-refractivity contribution in [3.05, 3.63) is 0 Å². The van der Waals surface area contributed by atoms with E-state index < -0.39 is 0 Å². The third kappa shape index (κ3) is 4.04. The molecule has 0 spiro atoms. The summed E-state index contributed by atoms with van der Waals surface area (Å²) in [5, 5.41) is 9.23. The number of alkyl halides is 1. The van der Waals surface area contributed by atoms with E-state index in [1.807, 2.05) is 0 Å². The second-order valence-electron chi connectivity index (χ2n) is 6.26. The highest BCUT2D eigenvalue weighted by molar-refractivity contribution is 9.09. The summed E-state index contributed by atoms with van der Waals surface area (Å²) in [6.07, 6.45) is 2.35. The Labute approximate surface area is 102 Å². The van der Waals surface area contributed by atoms with Gasteiger partial charge >= 0.3 is 0 Å². The molecule has 1 fully saturated rings. The van der Waals surface area contributed by atoms with Crippen molar-refractivity contribution in [2.45, 2.75) is 51.5 Å². The maximum absolute atomic E-state index is 9.23. The van der Waals surface area contributed by atoms with Crippen LogP contribution in [0.2, 0.25) is 0 Å².